The normalized spacial score (nSPS) is 22.5. The first-order valence-electron chi connectivity index (χ1n) is 11.2. The zero-order valence-electron chi connectivity index (χ0n) is 18.0. The van der Waals surface area contributed by atoms with Crippen LogP contribution in [0.5, 0.6) is 0 Å². The van der Waals surface area contributed by atoms with Gasteiger partial charge in [0.05, 0.1) is 19.4 Å². The highest BCUT2D eigenvalue weighted by Gasteiger charge is 2.30. The molecular formula is C24H29N5O2. The number of amides is 1. The molecule has 3 aromatic rings. The highest BCUT2D eigenvalue weighted by Crippen LogP contribution is 2.30. The number of hydrogen-bond acceptors (Lipinski definition) is 5. The second-order valence-electron chi connectivity index (χ2n) is 8.68. The number of ether oxygens (including phenoxy) is 1. The number of aryl methyl sites for hydroxylation is 1. The fourth-order valence-electron chi connectivity index (χ4n) is 4.83. The van der Waals surface area contributed by atoms with Crippen LogP contribution in [0.3, 0.4) is 0 Å². The number of rotatable bonds is 4. The minimum atomic E-state index is 0.0662. The molecule has 2 aromatic heterocycles. The number of nitrogens with zero attached hydrogens (tertiary/aromatic N) is 4. The molecule has 162 valence electrons. The van der Waals surface area contributed by atoms with Crippen LogP contribution in [-0.2, 0) is 16.6 Å². The number of hydrogen-bond donors (Lipinski definition) is 1. The SMILES string of the molecule is Cn1cc(-c2ccc3cnc(NC(=O)[C@H]4CC[C@@H](N5CCOCC5)CC4)cc3c2)cn1. The molecule has 0 atom stereocenters. The lowest BCUT2D eigenvalue weighted by molar-refractivity contribution is -0.121. The summed E-state index contributed by atoms with van der Waals surface area (Å²) < 4.78 is 7.26. The zero-order valence-corrected chi connectivity index (χ0v) is 18.0. The summed E-state index contributed by atoms with van der Waals surface area (Å²) >= 11 is 0. The molecule has 1 amide bonds. The largest absolute Gasteiger partial charge is 0.379 e. The number of carbonyl (C=O) groups excluding carboxylic acids is 1. The van der Waals surface area contributed by atoms with Crippen molar-refractivity contribution in [3.8, 4) is 11.1 Å². The molecule has 1 aromatic carbocycles. The number of morpholine rings is 1. The van der Waals surface area contributed by atoms with Gasteiger partial charge in [-0.2, -0.15) is 5.10 Å². The van der Waals surface area contributed by atoms with Gasteiger partial charge in [-0.3, -0.25) is 14.4 Å². The third-order valence-corrected chi connectivity index (χ3v) is 6.64. The molecule has 31 heavy (non-hydrogen) atoms. The summed E-state index contributed by atoms with van der Waals surface area (Å²) in [5.74, 6) is 0.781. The van der Waals surface area contributed by atoms with E-state index < -0.39 is 0 Å². The van der Waals surface area contributed by atoms with Crippen molar-refractivity contribution in [2.24, 2.45) is 13.0 Å². The van der Waals surface area contributed by atoms with Crippen molar-refractivity contribution >= 4 is 22.5 Å². The van der Waals surface area contributed by atoms with E-state index in [1.54, 1.807) is 4.68 Å². The summed E-state index contributed by atoms with van der Waals surface area (Å²) in [5.41, 5.74) is 2.18. The third-order valence-electron chi connectivity index (χ3n) is 6.64. The molecule has 1 N–H and O–H groups in total. The molecule has 7 heteroatoms. The van der Waals surface area contributed by atoms with E-state index in [0.29, 0.717) is 11.9 Å². The van der Waals surface area contributed by atoms with Crippen LogP contribution in [0.15, 0.2) is 42.9 Å². The minimum Gasteiger partial charge on any atom is -0.379 e. The predicted octanol–water partition coefficient (Wildman–Crippen LogP) is 3.46. The second-order valence-corrected chi connectivity index (χ2v) is 8.68. The Labute approximate surface area is 182 Å². The molecule has 2 aliphatic rings. The molecule has 5 rings (SSSR count). The maximum Gasteiger partial charge on any atom is 0.228 e. The number of pyridine rings is 1. The first-order valence-corrected chi connectivity index (χ1v) is 11.2. The average molecular weight is 420 g/mol. The van der Waals surface area contributed by atoms with Crippen molar-refractivity contribution in [2.75, 3.05) is 31.6 Å². The van der Waals surface area contributed by atoms with Gasteiger partial charge in [-0.15, -0.1) is 0 Å². The predicted molar refractivity (Wildman–Crippen MR) is 121 cm³/mol. The molecule has 0 bridgehead atoms. The highest BCUT2D eigenvalue weighted by atomic mass is 16.5. The first-order chi connectivity index (χ1) is 15.2. The summed E-state index contributed by atoms with van der Waals surface area (Å²) in [5, 5.41) is 9.43. The second kappa shape index (κ2) is 8.77. The highest BCUT2D eigenvalue weighted by molar-refractivity contribution is 5.95. The molecule has 7 nitrogen and oxygen atoms in total. The topological polar surface area (TPSA) is 72.3 Å². The first kappa shape index (κ1) is 20.2. The fraction of sp³-hybridized carbons (Fsp3) is 0.458. The van der Waals surface area contributed by atoms with E-state index >= 15 is 0 Å². The average Bonchev–Trinajstić information content (AvgIpc) is 3.25. The fourth-order valence-corrected chi connectivity index (χ4v) is 4.83. The molecule has 1 saturated carbocycles. The smallest absolute Gasteiger partial charge is 0.228 e. The quantitative estimate of drug-likeness (QED) is 0.701. The van der Waals surface area contributed by atoms with Crippen LogP contribution < -0.4 is 5.32 Å². The molecular weight excluding hydrogens is 390 g/mol. The molecule has 1 aliphatic carbocycles. The maximum atomic E-state index is 12.9. The van der Waals surface area contributed by atoms with E-state index in [1.165, 1.54) is 0 Å². The van der Waals surface area contributed by atoms with Crippen molar-refractivity contribution < 1.29 is 9.53 Å². The molecule has 3 heterocycles. The van der Waals surface area contributed by atoms with Crippen LogP contribution in [0.1, 0.15) is 25.7 Å². The summed E-state index contributed by atoms with van der Waals surface area (Å²) in [6.07, 6.45) is 9.72. The van der Waals surface area contributed by atoms with E-state index in [9.17, 15) is 4.79 Å². The van der Waals surface area contributed by atoms with Gasteiger partial charge in [0.15, 0.2) is 0 Å². The Kier molecular flexibility index (Phi) is 5.70. The van der Waals surface area contributed by atoms with Gasteiger partial charge in [-0.05, 0) is 48.8 Å². The number of anilines is 1. The Bertz CT molecular complexity index is 1060. The van der Waals surface area contributed by atoms with Gasteiger partial charge in [0.2, 0.25) is 5.91 Å². The molecule has 1 aliphatic heterocycles. The summed E-state index contributed by atoms with van der Waals surface area (Å²) in [4.78, 5) is 19.9. The Morgan fingerprint density at radius 1 is 1.03 bits per heavy atom. The van der Waals surface area contributed by atoms with Gasteiger partial charge in [0.1, 0.15) is 5.82 Å². The van der Waals surface area contributed by atoms with Gasteiger partial charge in [-0.25, -0.2) is 4.98 Å². The van der Waals surface area contributed by atoms with E-state index in [2.05, 4.69) is 38.5 Å². The molecule has 0 radical (unpaired) electrons. The van der Waals surface area contributed by atoms with Gasteiger partial charge < -0.3 is 10.1 Å². The lowest BCUT2D eigenvalue weighted by atomic mass is 9.84. The van der Waals surface area contributed by atoms with Crippen LogP contribution in [-0.4, -0.2) is 57.9 Å². The number of nitrogens with one attached hydrogen (secondary N) is 1. The molecule has 2 fully saturated rings. The Hall–Kier alpha value is -2.77. The van der Waals surface area contributed by atoms with Crippen LogP contribution in [0.2, 0.25) is 0 Å². The summed E-state index contributed by atoms with van der Waals surface area (Å²) in [6.45, 7) is 3.69. The van der Waals surface area contributed by atoms with Gasteiger partial charge in [0, 0.05) is 55.4 Å². The van der Waals surface area contributed by atoms with Crippen LogP contribution >= 0.6 is 0 Å². The van der Waals surface area contributed by atoms with Gasteiger partial charge in [-0.1, -0.05) is 12.1 Å². The molecule has 0 spiro atoms. The number of aromatic nitrogens is 3. The Morgan fingerprint density at radius 2 is 1.84 bits per heavy atom. The third kappa shape index (κ3) is 4.48. The molecule has 0 unspecified atom stereocenters. The van der Waals surface area contributed by atoms with Gasteiger partial charge >= 0.3 is 0 Å². The number of fused-ring (bicyclic) bond motifs is 1. The van der Waals surface area contributed by atoms with Crippen LogP contribution in [0, 0.1) is 5.92 Å². The van der Waals surface area contributed by atoms with Crippen LogP contribution in [0.4, 0.5) is 5.82 Å². The van der Waals surface area contributed by atoms with E-state index in [-0.39, 0.29) is 11.8 Å². The Balaban J connectivity index is 1.24. The van der Waals surface area contributed by atoms with E-state index in [4.69, 9.17) is 4.74 Å². The van der Waals surface area contributed by atoms with Gasteiger partial charge in [0.25, 0.3) is 0 Å². The summed E-state index contributed by atoms with van der Waals surface area (Å²) in [6, 6.07) is 8.82. The zero-order chi connectivity index (χ0) is 21.2. The lowest BCUT2D eigenvalue weighted by Crippen LogP contribution is -2.45. The monoisotopic (exact) mass is 419 g/mol. The standard InChI is InChI=1S/C24H29N5O2/c1-28-16-21(15-26-28)18-2-3-19-14-25-23(13-20(19)12-18)27-24(30)17-4-6-22(7-5-17)29-8-10-31-11-9-29/h2-3,12-17,22H,4-11H2,1H3,(H,25,27,30)/t17-,22+. The molecule has 1 saturated heterocycles. The van der Waals surface area contributed by atoms with E-state index in [1.807, 2.05) is 31.7 Å². The van der Waals surface area contributed by atoms with Crippen LogP contribution in [0.25, 0.3) is 21.9 Å². The number of benzene rings is 1. The maximum absolute atomic E-state index is 12.9. The lowest BCUT2D eigenvalue weighted by Gasteiger charge is -2.38. The summed E-state index contributed by atoms with van der Waals surface area (Å²) in [7, 11) is 1.91. The van der Waals surface area contributed by atoms with Crippen molar-refractivity contribution in [3.05, 3.63) is 42.9 Å². The Morgan fingerprint density at radius 3 is 2.58 bits per heavy atom. The number of carbonyl (C=O) groups is 1. The van der Waals surface area contributed by atoms with E-state index in [0.717, 1.165) is 73.9 Å². The van der Waals surface area contributed by atoms with Crippen molar-refractivity contribution in [1.82, 2.24) is 19.7 Å². The van der Waals surface area contributed by atoms with Crippen molar-refractivity contribution in [3.63, 3.8) is 0 Å². The minimum absolute atomic E-state index is 0.0662. The van der Waals surface area contributed by atoms with Crippen molar-refractivity contribution in [2.45, 2.75) is 31.7 Å². The van der Waals surface area contributed by atoms with Crippen molar-refractivity contribution in [1.29, 1.82) is 0 Å².